The first kappa shape index (κ1) is 17.9. The van der Waals surface area contributed by atoms with Gasteiger partial charge >= 0.3 is 6.18 Å². The molecule has 1 aromatic carbocycles. The Balaban J connectivity index is 1.83. The van der Waals surface area contributed by atoms with Crippen LogP contribution < -0.4 is 4.90 Å². The van der Waals surface area contributed by atoms with Crippen molar-refractivity contribution in [2.75, 3.05) is 31.2 Å². The van der Waals surface area contributed by atoms with Crippen LogP contribution in [0.2, 0.25) is 0 Å². The van der Waals surface area contributed by atoms with Crippen LogP contribution in [0.4, 0.5) is 24.0 Å². The molecule has 1 fully saturated rings. The molecule has 1 aromatic heterocycles. The quantitative estimate of drug-likeness (QED) is 0.582. The van der Waals surface area contributed by atoms with Gasteiger partial charge in [0.05, 0.1) is 28.6 Å². The van der Waals surface area contributed by atoms with Gasteiger partial charge < -0.3 is 9.64 Å². The van der Waals surface area contributed by atoms with Crippen LogP contribution in [-0.2, 0) is 10.9 Å². The Bertz CT molecular complexity index is 778. The number of hydrogen-bond acceptors (Lipinski definition) is 8. The first-order chi connectivity index (χ1) is 11.8. The van der Waals surface area contributed by atoms with Crippen molar-refractivity contribution in [2.45, 2.75) is 15.4 Å². The van der Waals surface area contributed by atoms with Crippen molar-refractivity contribution in [1.29, 1.82) is 0 Å². The molecule has 12 heteroatoms. The minimum absolute atomic E-state index is 0.0858. The van der Waals surface area contributed by atoms with E-state index in [2.05, 4.69) is 10.2 Å². The fourth-order valence-corrected chi connectivity index (χ4v) is 4.08. The average Bonchev–Trinajstić information content (AvgIpc) is 3.03. The van der Waals surface area contributed by atoms with Crippen molar-refractivity contribution in [2.24, 2.45) is 0 Å². The second kappa shape index (κ2) is 7.14. The van der Waals surface area contributed by atoms with E-state index in [9.17, 15) is 23.3 Å². The number of nitro benzene ring substituents is 1. The zero-order chi connectivity index (χ0) is 18.0. The topological polar surface area (TPSA) is 81.4 Å². The number of anilines is 1. The van der Waals surface area contributed by atoms with Gasteiger partial charge in [0.1, 0.15) is 0 Å². The summed E-state index contributed by atoms with van der Waals surface area (Å²) in [6.45, 7) is 2.48. The molecule has 0 saturated carbocycles. The number of rotatable bonds is 4. The molecule has 7 nitrogen and oxygen atoms in total. The van der Waals surface area contributed by atoms with Crippen molar-refractivity contribution < 1.29 is 22.8 Å². The Labute approximate surface area is 148 Å². The number of ether oxygens (including phenoxy) is 1. The van der Waals surface area contributed by atoms with Crippen molar-refractivity contribution in [3.8, 4) is 0 Å². The van der Waals surface area contributed by atoms with Gasteiger partial charge in [-0.05, 0) is 23.9 Å². The molecule has 134 valence electrons. The highest BCUT2D eigenvalue weighted by atomic mass is 32.2. The van der Waals surface area contributed by atoms with E-state index in [1.165, 1.54) is 11.3 Å². The van der Waals surface area contributed by atoms with E-state index in [-0.39, 0.29) is 4.90 Å². The Hall–Kier alpha value is -1.92. The van der Waals surface area contributed by atoms with Gasteiger partial charge in [0, 0.05) is 19.2 Å². The van der Waals surface area contributed by atoms with Crippen molar-refractivity contribution in [3.05, 3.63) is 33.9 Å². The van der Waals surface area contributed by atoms with Crippen molar-refractivity contribution in [1.82, 2.24) is 10.2 Å². The van der Waals surface area contributed by atoms with Crippen LogP contribution >= 0.6 is 23.1 Å². The SMILES string of the molecule is O=[N+]([O-])c1cc(C(F)(F)F)ccc1Sc1nnc(N2CCOCC2)s1. The Morgan fingerprint density at radius 3 is 2.64 bits per heavy atom. The van der Waals surface area contributed by atoms with Gasteiger partial charge in [0.15, 0.2) is 4.34 Å². The molecule has 2 aromatic rings. The number of aromatic nitrogens is 2. The maximum atomic E-state index is 12.7. The lowest BCUT2D eigenvalue weighted by Gasteiger charge is -2.25. The van der Waals surface area contributed by atoms with E-state index in [1.54, 1.807) is 0 Å². The van der Waals surface area contributed by atoms with E-state index in [4.69, 9.17) is 4.74 Å². The van der Waals surface area contributed by atoms with E-state index in [0.29, 0.717) is 41.8 Å². The molecule has 1 saturated heterocycles. The Morgan fingerprint density at radius 2 is 2.00 bits per heavy atom. The maximum absolute atomic E-state index is 12.7. The molecule has 3 rings (SSSR count). The maximum Gasteiger partial charge on any atom is 0.416 e. The third-order valence-electron chi connectivity index (χ3n) is 3.36. The number of nitrogens with zero attached hydrogens (tertiary/aromatic N) is 4. The number of benzene rings is 1. The highest BCUT2D eigenvalue weighted by Gasteiger charge is 2.33. The molecule has 0 atom stereocenters. The molecule has 0 N–H and O–H groups in total. The lowest BCUT2D eigenvalue weighted by molar-refractivity contribution is -0.388. The second-order valence-electron chi connectivity index (χ2n) is 4.99. The molecular weight excluding hydrogens is 381 g/mol. The van der Waals surface area contributed by atoms with Crippen LogP contribution in [0, 0.1) is 10.1 Å². The first-order valence-electron chi connectivity index (χ1n) is 7.04. The summed E-state index contributed by atoms with van der Waals surface area (Å²) in [5.74, 6) is 0. The number of hydrogen-bond donors (Lipinski definition) is 0. The second-order valence-corrected chi connectivity index (χ2v) is 7.23. The number of halogens is 3. The Kier molecular flexibility index (Phi) is 5.11. The van der Waals surface area contributed by atoms with Crippen LogP contribution in [0.3, 0.4) is 0 Å². The molecule has 1 aliphatic rings. The fraction of sp³-hybridized carbons (Fsp3) is 0.385. The smallest absolute Gasteiger partial charge is 0.378 e. The molecule has 1 aliphatic heterocycles. The van der Waals surface area contributed by atoms with Crippen LogP contribution in [-0.4, -0.2) is 41.4 Å². The summed E-state index contributed by atoms with van der Waals surface area (Å²) in [5, 5.41) is 19.8. The van der Waals surface area contributed by atoms with Gasteiger partial charge in [-0.15, -0.1) is 10.2 Å². The molecule has 2 heterocycles. The van der Waals surface area contributed by atoms with Crippen molar-refractivity contribution >= 4 is 33.9 Å². The number of alkyl halides is 3. The minimum atomic E-state index is -4.64. The molecule has 0 radical (unpaired) electrons. The lowest BCUT2D eigenvalue weighted by atomic mass is 10.2. The van der Waals surface area contributed by atoms with Crippen LogP contribution in [0.25, 0.3) is 0 Å². The highest BCUT2D eigenvalue weighted by molar-refractivity contribution is 8.01. The van der Waals surface area contributed by atoms with Crippen LogP contribution in [0.1, 0.15) is 5.56 Å². The summed E-state index contributed by atoms with van der Waals surface area (Å²) >= 11 is 2.16. The van der Waals surface area contributed by atoms with E-state index in [1.807, 2.05) is 4.90 Å². The molecule has 0 unspecified atom stereocenters. The summed E-state index contributed by atoms with van der Waals surface area (Å²) in [6.07, 6.45) is -4.64. The van der Waals surface area contributed by atoms with Gasteiger partial charge in [0.2, 0.25) is 5.13 Å². The molecule has 0 amide bonds. The van der Waals surface area contributed by atoms with E-state index >= 15 is 0 Å². The zero-order valence-electron chi connectivity index (χ0n) is 12.5. The van der Waals surface area contributed by atoms with Gasteiger partial charge in [-0.25, -0.2) is 0 Å². The predicted molar refractivity (Wildman–Crippen MR) is 85.2 cm³/mol. The van der Waals surface area contributed by atoms with E-state index in [0.717, 1.165) is 23.9 Å². The van der Waals surface area contributed by atoms with Gasteiger partial charge in [0.25, 0.3) is 5.69 Å². The fourth-order valence-electron chi connectivity index (χ4n) is 2.14. The summed E-state index contributed by atoms with van der Waals surface area (Å²) < 4.78 is 43.9. The molecule has 0 spiro atoms. The zero-order valence-corrected chi connectivity index (χ0v) is 14.2. The summed E-state index contributed by atoms with van der Waals surface area (Å²) in [6, 6.07) is 2.44. The van der Waals surface area contributed by atoms with Crippen LogP contribution in [0.15, 0.2) is 27.4 Å². The summed E-state index contributed by atoms with van der Waals surface area (Å²) in [7, 11) is 0. The first-order valence-corrected chi connectivity index (χ1v) is 8.67. The minimum Gasteiger partial charge on any atom is -0.378 e. The Morgan fingerprint density at radius 1 is 1.28 bits per heavy atom. The van der Waals surface area contributed by atoms with E-state index < -0.39 is 22.4 Å². The molecule has 25 heavy (non-hydrogen) atoms. The molecule has 0 bridgehead atoms. The van der Waals surface area contributed by atoms with Crippen molar-refractivity contribution in [3.63, 3.8) is 0 Å². The highest BCUT2D eigenvalue weighted by Crippen LogP contribution is 2.40. The largest absolute Gasteiger partial charge is 0.416 e. The summed E-state index contributed by atoms with van der Waals surface area (Å²) in [4.78, 5) is 12.3. The summed E-state index contributed by atoms with van der Waals surface area (Å²) in [5.41, 5.74) is -1.67. The third kappa shape index (κ3) is 4.19. The monoisotopic (exact) mass is 392 g/mol. The molecular formula is C13H11F3N4O3S2. The predicted octanol–water partition coefficient (Wildman–Crippen LogP) is 3.45. The standard InChI is InChI=1S/C13H11F3N4O3S2/c14-13(15,16)8-1-2-10(9(7-8)20(21)22)24-12-18-17-11(25-12)19-3-5-23-6-4-19/h1-2,7H,3-6H2. The van der Waals surface area contributed by atoms with Gasteiger partial charge in [-0.2, -0.15) is 13.2 Å². The van der Waals surface area contributed by atoms with Gasteiger partial charge in [-0.3, -0.25) is 10.1 Å². The lowest BCUT2D eigenvalue weighted by Crippen LogP contribution is -2.36. The third-order valence-corrected chi connectivity index (χ3v) is 5.46. The van der Waals surface area contributed by atoms with Crippen LogP contribution in [0.5, 0.6) is 0 Å². The normalized spacial score (nSPS) is 15.4. The number of morpholine rings is 1. The van der Waals surface area contributed by atoms with Gasteiger partial charge in [-0.1, -0.05) is 11.3 Å². The average molecular weight is 392 g/mol. The molecule has 0 aliphatic carbocycles. The number of nitro groups is 1.